The van der Waals surface area contributed by atoms with Gasteiger partial charge in [-0.25, -0.2) is 13.7 Å². The monoisotopic (exact) mass is 498 g/mol. The zero-order valence-electron chi connectivity index (χ0n) is 15.6. The summed E-state index contributed by atoms with van der Waals surface area (Å²) < 4.78 is 56.4. The van der Waals surface area contributed by atoms with Crippen LogP contribution in [0.2, 0.25) is 0 Å². The lowest BCUT2D eigenvalue weighted by molar-refractivity contribution is -0.120. The van der Waals surface area contributed by atoms with E-state index in [0.29, 0.717) is 0 Å². The van der Waals surface area contributed by atoms with Crippen LogP contribution >= 0.6 is 23.5 Å². The molecule has 1 heterocycles. The van der Waals surface area contributed by atoms with Crippen LogP contribution in [-0.4, -0.2) is 63.2 Å². The van der Waals surface area contributed by atoms with Crippen LogP contribution in [0, 0.1) is 0 Å². The zero-order valence-corrected chi connectivity index (χ0v) is 18.3. The van der Waals surface area contributed by atoms with Crippen LogP contribution in [0.3, 0.4) is 0 Å². The van der Waals surface area contributed by atoms with Crippen LogP contribution in [-0.2, 0) is 41.1 Å². The fourth-order valence-electron chi connectivity index (χ4n) is 2.29. The predicted octanol–water partition coefficient (Wildman–Crippen LogP) is 0.665. The lowest BCUT2D eigenvalue weighted by Crippen LogP contribution is -2.37. The normalized spacial score (nSPS) is 26.8. The molecule has 0 saturated carbocycles. The van der Waals surface area contributed by atoms with Gasteiger partial charge in [0, 0.05) is 24.8 Å². The molecular formula is C10H21N4O13P3. The molecule has 5 N–H and O–H groups in total. The number of carbonyl (C=O) groups excluding carboxylic acids is 1. The Morgan fingerprint density at radius 1 is 1.27 bits per heavy atom. The summed E-state index contributed by atoms with van der Waals surface area (Å²) in [5.74, 6) is -0.406. The van der Waals surface area contributed by atoms with E-state index in [0.717, 1.165) is 0 Å². The molecule has 20 heteroatoms. The minimum Gasteiger partial charge on any atom is -0.370 e. The van der Waals surface area contributed by atoms with Gasteiger partial charge in [-0.15, -0.1) is 0 Å². The molecule has 1 fully saturated rings. The van der Waals surface area contributed by atoms with E-state index < -0.39 is 60.5 Å². The van der Waals surface area contributed by atoms with Crippen molar-refractivity contribution in [1.29, 1.82) is 0 Å². The van der Waals surface area contributed by atoms with Gasteiger partial charge in [0.05, 0.1) is 18.8 Å². The van der Waals surface area contributed by atoms with Gasteiger partial charge >= 0.3 is 23.5 Å². The fourth-order valence-corrected chi connectivity index (χ4v) is 5.32. The highest BCUT2D eigenvalue weighted by Gasteiger charge is 2.42. The fraction of sp³-hybridized carbons (Fsp3) is 0.900. The van der Waals surface area contributed by atoms with Crippen LogP contribution in [0.25, 0.3) is 10.4 Å². The second kappa shape index (κ2) is 11.1. The second-order valence-corrected chi connectivity index (χ2v) is 10.3. The molecule has 0 aromatic heterocycles. The molecule has 6 atom stereocenters. The number of hydrogen-bond donors (Lipinski definition) is 5. The molecule has 1 amide bonds. The summed E-state index contributed by atoms with van der Waals surface area (Å²) in [6.45, 7) is 1.99. The van der Waals surface area contributed by atoms with E-state index in [4.69, 9.17) is 29.7 Å². The maximum absolute atomic E-state index is 11.8. The number of nitrogens with one attached hydrogen (secondary N) is 1. The van der Waals surface area contributed by atoms with Crippen LogP contribution in [0.1, 0.15) is 20.3 Å². The van der Waals surface area contributed by atoms with Crippen LogP contribution in [0.4, 0.5) is 0 Å². The summed E-state index contributed by atoms with van der Waals surface area (Å²) in [5.41, 5.74) is 8.60. The highest BCUT2D eigenvalue weighted by atomic mass is 31.3. The topological polar surface area (TPSA) is 256 Å². The van der Waals surface area contributed by atoms with Gasteiger partial charge in [0.2, 0.25) is 5.91 Å². The number of rotatable bonds is 12. The highest BCUT2D eigenvalue weighted by Crippen LogP contribution is 2.66. The van der Waals surface area contributed by atoms with Crippen molar-refractivity contribution >= 4 is 29.4 Å². The van der Waals surface area contributed by atoms with Crippen molar-refractivity contribution in [2.45, 2.75) is 44.8 Å². The Labute approximate surface area is 169 Å². The van der Waals surface area contributed by atoms with E-state index in [1.807, 2.05) is 0 Å². The summed E-state index contributed by atoms with van der Waals surface area (Å²) >= 11 is 0. The molecule has 174 valence electrons. The van der Waals surface area contributed by atoms with E-state index in [1.165, 1.54) is 6.92 Å². The SMILES string of the molecule is CC(=O)NCC(N=[N+]=[N-])O[C@@H]1C[C@H](C)O[C@@H]1COP(=O)(O)OP(=O)(O)OP(=O)(O)O. The third-order valence-electron chi connectivity index (χ3n) is 3.24. The first kappa shape index (κ1) is 27.1. The molecule has 30 heavy (non-hydrogen) atoms. The molecule has 0 aromatic rings. The summed E-state index contributed by atoms with van der Waals surface area (Å²) in [6, 6.07) is 0. The molecule has 3 unspecified atom stereocenters. The van der Waals surface area contributed by atoms with Crippen molar-refractivity contribution in [3.63, 3.8) is 0 Å². The van der Waals surface area contributed by atoms with Crippen molar-refractivity contribution in [3.8, 4) is 0 Å². The molecule has 1 saturated heterocycles. The van der Waals surface area contributed by atoms with Crippen molar-refractivity contribution in [2.75, 3.05) is 13.2 Å². The van der Waals surface area contributed by atoms with E-state index in [-0.39, 0.29) is 13.0 Å². The molecule has 0 radical (unpaired) electrons. The van der Waals surface area contributed by atoms with Gasteiger partial charge in [0.1, 0.15) is 6.10 Å². The molecule has 0 spiro atoms. The summed E-state index contributed by atoms with van der Waals surface area (Å²) in [5, 5.41) is 5.76. The molecule has 1 rings (SSSR count). The quantitative estimate of drug-likeness (QED) is 0.107. The van der Waals surface area contributed by atoms with E-state index >= 15 is 0 Å². The Morgan fingerprint density at radius 2 is 1.90 bits per heavy atom. The van der Waals surface area contributed by atoms with E-state index in [2.05, 4.69) is 28.5 Å². The Kier molecular flexibility index (Phi) is 10.1. The minimum absolute atomic E-state index is 0.160. The van der Waals surface area contributed by atoms with Crippen molar-refractivity contribution in [3.05, 3.63) is 10.4 Å². The van der Waals surface area contributed by atoms with Crippen molar-refractivity contribution < 1.29 is 60.7 Å². The summed E-state index contributed by atoms with van der Waals surface area (Å²) in [4.78, 5) is 49.2. The number of hydrogen-bond acceptors (Lipinski definition) is 10. The molecule has 0 aliphatic carbocycles. The third-order valence-corrected chi connectivity index (χ3v) is 7.04. The van der Waals surface area contributed by atoms with Crippen LogP contribution < -0.4 is 5.32 Å². The first-order valence-electron chi connectivity index (χ1n) is 8.00. The third kappa shape index (κ3) is 10.9. The van der Waals surface area contributed by atoms with Crippen LogP contribution in [0.5, 0.6) is 0 Å². The lowest BCUT2D eigenvalue weighted by Gasteiger charge is -2.23. The minimum atomic E-state index is -5.64. The van der Waals surface area contributed by atoms with Gasteiger partial charge in [-0.1, -0.05) is 5.11 Å². The summed E-state index contributed by atoms with van der Waals surface area (Å²) in [6.07, 6.45) is -3.18. The Bertz CT molecular complexity index is 798. The van der Waals surface area contributed by atoms with Gasteiger partial charge in [-0.3, -0.25) is 9.32 Å². The molecule has 0 aromatic carbocycles. The zero-order chi connectivity index (χ0) is 23.2. The average molecular weight is 498 g/mol. The average Bonchev–Trinajstić information content (AvgIpc) is 2.87. The number of ether oxygens (including phenoxy) is 2. The molecule has 0 bridgehead atoms. The highest BCUT2D eigenvalue weighted by molar-refractivity contribution is 7.66. The lowest BCUT2D eigenvalue weighted by atomic mass is 10.1. The Hall–Kier alpha value is -0.890. The van der Waals surface area contributed by atoms with Gasteiger partial charge in [-0.05, 0) is 12.5 Å². The van der Waals surface area contributed by atoms with E-state index in [1.54, 1.807) is 6.92 Å². The second-order valence-electron chi connectivity index (χ2n) is 5.88. The number of azide groups is 1. The van der Waals surface area contributed by atoms with Gasteiger partial charge in [-0.2, -0.15) is 8.62 Å². The first-order valence-corrected chi connectivity index (χ1v) is 12.5. The molecule has 1 aliphatic rings. The van der Waals surface area contributed by atoms with Crippen molar-refractivity contribution in [1.82, 2.24) is 5.32 Å². The standard InChI is InChI=1S/C10H21N4O13P3/c1-6-3-8(25-10(13-14-11)4-12-7(2)15)9(24-6)5-23-29(19,20)27-30(21,22)26-28(16,17)18/h6,8-10H,3-5H2,1-2H3,(H,12,15)(H,19,20)(H,21,22)(H2,16,17,18)/t6-,8+,9+,10?/m0/s1. The van der Waals surface area contributed by atoms with Crippen LogP contribution in [0.15, 0.2) is 5.11 Å². The number of phosphoric ester groups is 1. The number of amides is 1. The maximum atomic E-state index is 11.8. The summed E-state index contributed by atoms with van der Waals surface area (Å²) in [7, 11) is -16.5. The van der Waals surface area contributed by atoms with E-state index in [9.17, 15) is 23.4 Å². The smallest absolute Gasteiger partial charge is 0.370 e. The largest absolute Gasteiger partial charge is 0.490 e. The number of phosphoric acid groups is 3. The molecule has 17 nitrogen and oxygen atoms in total. The number of nitrogens with zero attached hydrogens (tertiary/aromatic N) is 3. The number of carbonyl (C=O) groups is 1. The maximum Gasteiger partial charge on any atom is 0.490 e. The molecule has 1 aliphatic heterocycles. The van der Waals surface area contributed by atoms with Gasteiger partial charge < -0.3 is 34.4 Å². The predicted molar refractivity (Wildman–Crippen MR) is 95.3 cm³/mol. The molecular weight excluding hydrogens is 477 g/mol. The van der Waals surface area contributed by atoms with Gasteiger partial charge in [0.25, 0.3) is 0 Å². The Balaban J connectivity index is 2.74. The Morgan fingerprint density at radius 3 is 2.43 bits per heavy atom. The van der Waals surface area contributed by atoms with Gasteiger partial charge in [0.15, 0.2) is 6.23 Å². The first-order chi connectivity index (χ1) is 13.6. The van der Waals surface area contributed by atoms with Crippen molar-refractivity contribution in [2.24, 2.45) is 5.11 Å².